The van der Waals surface area contributed by atoms with Crippen molar-refractivity contribution >= 4 is 0 Å². The third kappa shape index (κ3) is 4.44. The van der Waals surface area contributed by atoms with Gasteiger partial charge < -0.3 is 19.3 Å². The van der Waals surface area contributed by atoms with Crippen LogP contribution in [-0.4, -0.2) is 67.7 Å². The SMILES string of the molecule is COc1cccc([C@@H](c2nnnn2CCC(C)C)[NH+]2CC[NH+](C)CC2)c1OC. The fourth-order valence-electron chi connectivity index (χ4n) is 3.93. The summed E-state index contributed by atoms with van der Waals surface area (Å²) in [7, 11) is 5.63. The van der Waals surface area contributed by atoms with E-state index < -0.39 is 0 Å². The van der Waals surface area contributed by atoms with Crippen molar-refractivity contribution in [3.05, 3.63) is 29.6 Å². The minimum Gasteiger partial charge on any atom is -0.493 e. The highest BCUT2D eigenvalue weighted by atomic mass is 16.5. The van der Waals surface area contributed by atoms with Gasteiger partial charge in [0.15, 0.2) is 17.5 Å². The van der Waals surface area contributed by atoms with Gasteiger partial charge in [0.2, 0.25) is 5.82 Å². The standard InChI is InChI=1S/C20H32N6O2/c1-15(2)9-10-26-20(21-22-23-26)18(25-13-11-24(3)12-14-25)16-7-6-8-17(27-4)19(16)28-5/h6-8,15,18H,9-14H2,1-5H3/p+2/t18-/m0/s1. The average Bonchev–Trinajstić information content (AvgIpc) is 3.16. The Balaban J connectivity index is 2.04. The lowest BCUT2D eigenvalue weighted by molar-refractivity contribution is -1.02. The number of aromatic nitrogens is 4. The van der Waals surface area contributed by atoms with Crippen molar-refractivity contribution in [2.45, 2.75) is 32.9 Å². The third-order valence-corrected chi connectivity index (χ3v) is 5.63. The summed E-state index contributed by atoms with van der Waals surface area (Å²) in [5.74, 6) is 3.01. The van der Waals surface area contributed by atoms with Gasteiger partial charge in [0.25, 0.3) is 0 Å². The van der Waals surface area contributed by atoms with Crippen LogP contribution in [0.1, 0.15) is 37.7 Å². The zero-order valence-corrected chi connectivity index (χ0v) is 17.7. The van der Waals surface area contributed by atoms with Crippen LogP contribution in [0.15, 0.2) is 18.2 Å². The summed E-state index contributed by atoms with van der Waals surface area (Å²) in [5, 5.41) is 12.8. The number of piperazine rings is 1. The normalized spacial score (nSPS) is 20.9. The Bertz CT molecular complexity index is 755. The summed E-state index contributed by atoms with van der Waals surface area (Å²) >= 11 is 0. The maximum Gasteiger partial charge on any atom is 0.214 e. The Morgan fingerprint density at radius 1 is 1.11 bits per heavy atom. The van der Waals surface area contributed by atoms with Gasteiger partial charge in [0.1, 0.15) is 26.2 Å². The fraction of sp³-hybridized carbons (Fsp3) is 0.650. The Labute approximate surface area is 167 Å². The molecule has 3 rings (SSSR count). The molecule has 0 radical (unpaired) electrons. The topological polar surface area (TPSA) is 70.9 Å². The maximum atomic E-state index is 5.78. The summed E-state index contributed by atoms with van der Waals surface area (Å²) < 4.78 is 13.3. The van der Waals surface area contributed by atoms with Crippen LogP contribution in [0.25, 0.3) is 0 Å². The molecule has 28 heavy (non-hydrogen) atoms. The number of aryl methyl sites for hydroxylation is 1. The number of quaternary nitrogens is 2. The van der Waals surface area contributed by atoms with E-state index in [9.17, 15) is 0 Å². The molecule has 1 aromatic heterocycles. The smallest absolute Gasteiger partial charge is 0.214 e. The van der Waals surface area contributed by atoms with Gasteiger partial charge in [-0.2, -0.15) is 0 Å². The third-order valence-electron chi connectivity index (χ3n) is 5.63. The molecular formula is C20H34N6O2+2. The summed E-state index contributed by atoms with van der Waals surface area (Å²) in [6, 6.07) is 6.09. The van der Waals surface area contributed by atoms with E-state index >= 15 is 0 Å². The number of hydrogen-bond acceptors (Lipinski definition) is 5. The van der Waals surface area contributed by atoms with Crippen molar-refractivity contribution in [1.82, 2.24) is 20.2 Å². The van der Waals surface area contributed by atoms with E-state index in [1.54, 1.807) is 19.1 Å². The molecular weight excluding hydrogens is 356 g/mol. The molecule has 8 heteroatoms. The molecule has 0 bridgehead atoms. The molecule has 2 N–H and O–H groups in total. The van der Waals surface area contributed by atoms with Crippen LogP contribution in [0.4, 0.5) is 0 Å². The van der Waals surface area contributed by atoms with Crippen molar-refractivity contribution in [3.8, 4) is 11.5 Å². The first kappa shape index (κ1) is 20.5. The first-order valence-corrected chi connectivity index (χ1v) is 10.2. The first-order chi connectivity index (χ1) is 13.5. The van der Waals surface area contributed by atoms with Crippen LogP contribution in [-0.2, 0) is 6.54 Å². The number of tetrazole rings is 1. The summed E-state index contributed by atoms with van der Waals surface area (Å²) in [6.07, 6.45) is 1.04. The number of ether oxygens (including phenoxy) is 2. The molecule has 1 aliphatic rings. The molecule has 0 spiro atoms. The van der Waals surface area contributed by atoms with Gasteiger partial charge in [0, 0.05) is 6.54 Å². The molecule has 2 heterocycles. The number of rotatable bonds is 8. The number of likely N-dealkylation sites (N-methyl/N-ethyl adjacent to an activating group) is 1. The highest BCUT2D eigenvalue weighted by Gasteiger charge is 2.37. The molecule has 0 unspecified atom stereocenters. The van der Waals surface area contributed by atoms with E-state index in [0.717, 1.165) is 62.0 Å². The molecule has 154 valence electrons. The molecule has 8 nitrogen and oxygen atoms in total. The molecule has 1 aliphatic heterocycles. The Kier molecular flexibility index (Phi) is 6.85. The van der Waals surface area contributed by atoms with Gasteiger partial charge in [-0.3, -0.25) is 0 Å². The second-order valence-electron chi connectivity index (χ2n) is 8.07. The van der Waals surface area contributed by atoms with E-state index in [0.29, 0.717) is 5.92 Å². The van der Waals surface area contributed by atoms with Crippen molar-refractivity contribution in [3.63, 3.8) is 0 Å². The zero-order chi connectivity index (χ0) is 20.1. The largest absolute Gasteiger partial charge is 0.493 e. The van der Waals surface area contributed by atoms with Crippen molar-refractivity contribution in [2.75, 3.05) is 47.4 Å². The van der Waals surface area contributed by atoms with Gasteiger partial charge in [-0.15, -0.1) is 5.10 Å². The number of nitrogens with one attached hydrogen (secondary N) is 2. The van der Waals surface area contributed by atoms with E-state index in [4.69, 9.17) is 9.47 Å². The predicted molar refractivity (Wildman–Crippen MR) is 106 cm³/mol. The van der Waals surface area contributed by atoms with Crippen LogP contribution < -0.4 is 19.3 Å². The fourth-order valence-corrected chi connectivity index (χ4v) is 3.93. The van der Waals surface area contributed by atoms with Crippen LogP contribution in [0, 0.1) is 5.92 Å². The van der Waals surface area contributed by atoms with Gasteiger partial charge in [-0.1, -0.05) is 19.9 Å². The van der Waals surface area contributed by atoms with Crippen molar-refractivity contribution in [2.24, 2.45) is 5.92 Å². The molecule has 0 aliphatic carbocycles. The molecule has 1 saturated heterocycles. The number of hydrogen-bond donors (Lipinski definition) is 2. The molecule has 1 aromatic carbocycles. The summed E-state index contributed by atoms with van der Waals surface area (Å²) in [4.78, 5) is 3.04. The number of methoxy groups -OCH3 is 2. The second kappa shape index (κ2) is 9.34. The van der Waals surface area contributed by atoms with Crippen LogP contribution in [0.3, 0.4) is 0 Å². The van der Waals surface area contributed by atoms with Crippen LogP contribution in [0.2, 0.25) is 0 Å². The first-order valence-electron chi connectivity index (χ1n) is 10.2. The number of para-hydroxylation sites is 1. The maximum absolute atomic E-state index is 5.78. The minimum absolute atomic E-state index is 0.0142. The Morgan fingerprint density at radius 3 is 2.50 bits per heavy atom. The molecule has 0 amide bonds. The van der Waals surface area contributed by atoms with Crippen LogP contribution >= 0.6 is 0 Å². The van der Waals surface area contributed by atoms with Gasteiger partial charge >= 0.3 is 0 Å². The molecule has 1 fully saturated rings. The Morgan fingerprint density at radius 2 is 1.86 bits per heavy atom. The number of benzene rings is 1. The second-order valence-corrected chi connectivity index (χ2v) is 8.07. The van der Waals surface area contributed by atoms with Gasteiger partial charge in [0.05, 0.1) is 26.8 Å². The van der Waals surface area contributed by atoms with Crippen LogP contribution in [0.5, 0.6) is 11.5 Å². The average molecular weight is 391 g/mol. The van der Waals surface area contributed by atoms with E-state index in [1.165, 1.54) is 4.90 Å². The lowest BCUT2D eigenvalue weighted by Crippen LogP contribution is -3.27. The Hall–Kier alpha value is -2.19. The zero-order valence-electron chi connectivity index (χ0n) is 17.7. The lowest BCUT2D eigenvalue weighted by atomic mass is 10.0. The van der Waals surface area contributed by atoms with E-state index in [2.05, 4.69) is 42.5 Å². The monoisotopic (exact) mass is 390 g/mol. The summed E-state index contributed by atoms with van der Waals surface area (Å²) in [6.45, 7) is 9.66. The molecule has 2 aromatic rings. The van der Waals surface area contributed by atoms with Gasteiger partial charge in [-0.05, 0) is 34.9 Å². The quantitative estimate of drug-likeness (QED) is 0.620. The lowest BCUT2D eigenvalue weighted by Gasteiger charge is -2.33. The van der Waals surface area contributed by atoms with Gasteiger partial charge in [-0.25, -0.2) is 4.68 Å². The van der Waals surface area contributed by atoms with E-state index in [1.807, 2.05) is 16.8 Å². The highest BCUT2D eigenvalue weighted by Crippen LogP contribution is 2.35. The predicted octanol–water partition coefficient (Wildman–Crippen LogP) is -0.761. The molecule has 0 saturated carbocycles. The van der Waals surface area contributed by atoms with Crippen molar-refractivity contribution in [1.29, 1.82) is 0 Å². The van der Waals surface area contributed by atoms with E-state index in [-0.39, 0.29) is 6.04 Å². The van der Waals surface area contributed by atoms with Crippen molar-refractivity contribution < 1.29 is 19.3 Å². The highest BCUT2D eigenvalue weighted by molar-refractivity contribution is 5.48. The minimum atomic E-state index is 0.0142. The summed E-state index contributed by atoms with van der Waals surface area (Å²) in [5.41, 5.74) is 1.08. The number of nitrogens with zero attached hydrogens (tertiary/aromatic N) is 4. The molecule has 1 atom stereocenters.